The van der Waals surface area contributed by atoms with Crippen LogP contribution in [0.4, 0.5) is 0 Å². The number of fused-ring (bicyclic) bond motifs is 2. The average Bonchev–Trinajstić information content (AvgIpc) is 2.62. The molecule has 0 atom stereocenters. The van der Waals surface area contributed by atoms with Crippen LogP contribution in [0.5, 0.6) is 11.5 Å². The van der Waals surface area contributed by atoms with E-state index < -0.39 is 5.41 Å². The first-order chi connectivity index (χ1) is 12.0. The summed E-state index contributed by atoms with van der Waals surface area (Å²) in [5, 5.41) is 22.0. The van der Waals surface area contributed by atoms with Crippen LogP contribution in [0.1, 0.15) is 25.2 Å². The van der Waals surface area contributed by atoms with E-state index in [1.165, 1.54) is 0 Å². The van der Waals surface area contributed by atoms with Gasteiger partial charge in [0.15, 0.2) is 0 Å². The lowest BCUT2D eigenvalue weighted by Gasteiger charge is -2.24. The maximum absolute atomic E-state index is 10.1. The van der Waals surface area contributed by atoms with Gasteiger partial charge in [0, 0.05) is 16.2 Å². The van der Waals surface area contributed by atoms with Crippen LogP contribution < -0.4 is 0 Å². The summed E-state index contributed by atoms with van der Waals surface area (Å²) in [4.78, 5) is 9.35. The normalized spacial score (nSPS) is 11.9. The van der Waals surface area contributed by atoms with Gasteiger partial charge in [0.25, 0.3) is 0 Å². The van der Waals surface area contributed by atoms with Crippen LogP contribution >= 0.6 is 0 Å². The molecule has 0 radical (unpaired) electrons. The molecule has 0 spiro atoms. The Bertz CT molecular complexity index is 1020. The number of phenolic OH excluding ortho intramolecular Hbond substituents is 2. The number of aromatic hydroxyl groups is 2. The molecule has 0 aliphatic heterocycles. The summed E-state index contributed by atoms with van der Waals surface area (Å²) < 4.78 is 0. The van der Waals surface area contributed by atoms with Crippen LogP contribution in [-0.2, 0) is 5.41 Å². The van der Waals surface area contributed by atoms with Crippen LogP contribution in [0, 0.1) is 0 Å². The summed E-state index contributed by atoms with van der Waals surface area (Å²) in [5.41, 5.74) is 2.30. The molecule has 4 nitrogen and oxygen atoms in total. The number of hydrogen-bond donors (Lipinski definition) is 2. The molecule has 2 aromatic heterocycles. The minimum absolute atomic E-state index is 0.166. The third-order valence-electron chi connectivity index (χ3n) is 4.68. The van der Waals surface area contributed by atoms with Crippen molar-refractivity contribution in [2.24, 2.45) is 0 Å². The van der Waals surface area contributed by atoms with E-state index in [0.717, 1.165) is 22.2 Å². The molecule has 0 saturated carbocycles. The minimum Gasteiger partial charge on any atom is -0.506 e. The topological polar surface area (TPSA) is 66.2 Å². The molecule has 2 aromatic carbocycles. The Morgan fingerprint density at radius 3 is 1.52 bits per heavy atom. The van der Waals surface area contributed by atoms with Crippen LogP contribution in [0.3, 0.4) is 0 Å². The van der Waals surface area contributed by atoms with Crippen molar-refractivity contribution >= 4 is 21.8 Å². The molecule has 0 aliphatic carbocycles. The van der Waals surface area contributed by atoms with Crippen LogP contribution in [0.25, 0.3) is 21.8 Å². The van der Waals surface area contributed by atoms with Crippen molar-refractivity contribution in [3.63, 3.8) is 0 Å². The van der Waals surface area contributed by atoms with Crippen molar-refractivity contribution in [2.45, 2.75) is 19.3 Å². The largest absolute Gasteiger partial charge is 0.506 e. The highest BCUT2D eigenvalue weighted by atomic mass is 16.3. The molecule has 0 amide bonds. The zero-order chi connectivity index (χ0) is 17.6. The molecule has 2 heterocycles. The predicted octanol–water partition coefficient (Wildman–Crippen LogP) is 4.52. The Labute approximate surface area is 145 Å². The molecule has 0 saturated heterocycles. The molecule has 4 rings (SSSR count). The highest BCUT2D eigenvalue weighted by Gasteiger charge is 2.27. The van der Waals surface area contributed by atoms with Gasteiger partial charge in [0.1, 0.15) is 22.5 Å². The van der Waals surface area contributed by atoms with Gasteiger partial charge in [-0.2, -0.15) is 0 Å². The number of phenols is 2. The number of nitrogens with zero attached hydrogens (tertiary/aromatic N) is 2. The van der Waals surface area contributed by atoms with Gasteiger partial charge >= 0.3 is 0 Å². The van der Waals surface area contributed by atoms with Crippen molar-refractivity contribution in [1.82, 2.24) is 9.97 Å². The Hall–Kier alpha value is -3.14. The van der Waals surface area contributed by atoms with E-state index in [9.17, 15) is 10.2 Å². The quantitative estimate of drug-likeness (QED) is 0.567. The Morgan fingerprint density at radius 1 is 0.640 bits per heavy atom. The van der Waals surface area contributed by atoms with E-state index >= 15 is 0 Å². The lowest BCUT2D eigenvalue weighted by Crippen LogP contribution is -2.22. The molecule has 4 heteroatoms. The van der Waals surface area contributed by atoms with E-state index in [1.54, 1.807) is 24.3 Å². The fraction of sp³-hybridized carbons (Fsp3) is 0.143. The summed E-state index contributed by atoms with van der Waals surface area (Å²) >= 11 is 0. The lowest BCUT2D eigenvalue weighted by molar-refractivity contribution is 0.479. The van der Waals surface area contributed by atoms with Gasteiger partial charge in [-0.15, -0.1) is 0 Å². The van der Waals surface area contributed by atoms with Crippen LogP contribution in [0.2, 0.25) is 0 Å². The smallest absolute Gasteiger partial charge is 0.141 e. The highest BCUT2D eigenvalue weighted by molar-refractivity contribution is 5.85. The zero-order valence-corrected chi connectivity index (χ0v) is 14.1. The zero-order valence-electron chi connectivity index (χ0n) is 14.1. The van der Waals surface area contributed by atoms with E-state index in [-0.39, 0.29) is 11.5 Å². The standard InChI is InChI=1S/C21H18N2O2/c1-21(2,17-11-9-13-5-3-7-15(24)19(13)22-17)18-12-10-14-6-4-8-16(25)20(14)23-18/h3-12,24-25H,1-2H3. The van der Waals surface area contributed by atoms with Crippen LogP contribution in [-0.4, -0.2) is 20.2 Å². The number of hydrogen-bond acceptors (Lipinski definition) is 4. The van der Waals surface area contributed by atoms with Gasteiger partial charge in [-0.1, -0.05) is 36.4 Å². The molecule has 2 N–H and O–H groups in total. The number of rotatable bonds is 2. The number of aromatic nitrogens is 2. The maximum Gasteiger partial charge on any atom is 0.141 e. The second-order valence-corrected chi connectivity index (χ2v) is 6.72. The Morgan fingerprint density at radius 2 is 1.08 bits per heavy atom. The van der Waals surface area contributed by atoms with E-state index in [4.69, 9.17) is 0 Å². The molecular weight excluding hydrogens is 312 g/mol. The van der Waals surface area contributed by atoms with Gasteiger partial charge in [-0.05, 0) is 38.1 Å². The summed E-state index contributed by atoms with van der Waals surface area (Å²) in [7, 11) is 0. The van der Waals surface area contributed by atoms with Crippen LogP contribution in [0.15, 0.2) is 60.7 Å². The fourth-order valence-electron chi connectivity index (χ4n) is 3.09. The predicted molar refractivity (Wildman–Crippen MR) is 98.9 cm³/mol. The summed E-state index contributed by atoms with van der Waals surface area (Å²) in [6, 6.07) is 18.6. The molecular formula is C21H18N2O2. The van der Waals surface area contributed by atoms with Crippen molar-refractivity contribution in [2.75, 3.05) is 0 Å². The molecule has 0 unspecified atom stereocenters. The third-order valence-corrected chi connectivity index (χ3v) is 4.68. The minimum atomic E-state index is -0.479. The van der Waals surface area contributed by atoms with Crippen molar-refractivity contribution in [3.05, 3.63) is 72.1 Å². The van der Waals surface area contributed by atoms with Gasteiger partial charge in [0.05, 0.1) is 11.4 Å². The van der Waals surface area contributed by atoms with Crippen molar-refractivity contribution in [1.29, 1.82) is 0 Å². The molecule has 0 fully saturated rings. The van der Waals surface area contributed by atoms with E-state index in [2.05, 4.69) is 9.97 Å². The number of pyridine rings is 2. The fourth-order valence-corrected chi connectivity index (χ4v) is 3.09. The molecule has 124 valence electrons. The number of para-hydroxylation sites is 2. The summed E-state index contributed by atoms with van der Waals surface area (Å²) in [6.45, 7) is 4.07. The second kappa shape index (κ2) is 5.45. The molecule has 0 aliphatic rings. The molecule has 25 heavy (non-hydrogen) atoms. The van der Waals surface area contributed by atoms with E-state index in [1.807, 2.05) is 50.2 Å². The summed E-state index contributed by atoms with van der Waals surface area (Å²) in [5.74, 6) is 0.332. The van der Waals surface area contributed by atoms with Gasteiger partial charge in [0.2, 0.25) is 0 Å². The highest BCUT2D eigenvalue weighted by Crippen LogP contribution is 2.34. The van der Waals surface area contributed by atoms with E-state index in [0.29, 0.717) is 11.0 Å². The summed E-state index contributed by atoms with van der Waals surface area (Å²) in [6.07, 6.45) is 0. The first kappa shape index (κ1) is 15.4. The SMILES string of the molecule is CC(C)(c1ccc2cccc(O)c2n1)c1ccc2cccc(O)c2n1. The Kier molecular flexibility index (Phi) is 3.35. The first-order valence-corrected chi connectivity index (χ1v) is 8.15. The van der Waals surface area contributed by atoms with Gasteiger partial charge in [-0.25, -0.2) is 9.97 Å². The maximum atomic E-state index is 10.1. The number of benzene rings is 2. The molecule has 0 bridgehead atoms. The Balaban J connectivity index is 1.89. The van der Waals surface area contributed by atoms with Crippen molar-refractivity contribution < 1.29 is 10.2 Å². The molecule has 4 aromatic rings. The van der Waals surface area contributed by atoms with Crippen molar-refractivity contribution in [3.8, 4) is 11.5 Å². The third kappa shape index (κ3) is 2.47. The first-order valence-electron chi connectivity index (χ1n) is 8.15. The monoisotopic (exact) mass is 330 g/mol. The second-order valence-electron chi connectivity index (χ2n) is 6.72. The van der Waals surface area contributed by atoms with Gasteiger partial charge in [-0.3, -0.25) is 0 Å². The average molecular weight is 330 g/mol. The van der Waals surface area contributed by atoms with Gasteiger partial charge < -0.3 is 10.2 Å². The lowest BCUT2D eigenvalue weighted by atomic mass is 9.84.